The summed E-state index contributed by atoms with van der Waals surface area (Å²) in [6, 6.07) is 6.76. The number of aromatic carboxylic acids is 1. The molecule has 6 nitrogen and oxygen atoms in total. The molecule has 0 spiro atoms. The zero-order chi connectivity index (χ0) is 16.8. The lowest BCUT2D eigenvalue weighted by atomic mass is 9.88. The average molecular weight is 330 g/mol. The number of ether oxygens (including phenoxy) is 1. The first-order valence-corrected chi connectivity index (χ1v) is 8.48. The Kier molecular flexibility index (Phi) is 3.72. The van der Waals surface area contributed by atoms with Gasteiger partial charge in [-0.25, -0.2) is 9.59 Å². The third-order valence-corrected chi connectivity index (χ3v) is 5.99. The molecular formula is C18H22N2O4. The van der Waals surface area contributed by atoms with Gasteiger partial charge in [0, 0.05) is 20.2 Å². The number of rotatable bonds is 4. The molecule has 1 saturated heterocycles. The van der Waals surface area contributed by atoms with Crippen LogP contribution >= 0.6 is 0 Å². The molecule has 2 bridgehead atoms. The van der Waals surface area contributed by atoms with Gasteiger partial charge in [-0.1, -0.05) is 12.1 Å². The van der Waals surface area contributed by atoms with Gasteiger partial charge in [0.05, 0.1) is 17.7 Å². The second-order valence-corrected chi connectivity index (χ2v) is 7.16. The number of hydrogen-bond donors (Lipinski definition) is 2. The molecule has 5 atom stereocenters. The molecule has 1 heterocycles. The fourth-order valence-electron chi connectivity index (χ4n) is 5.00. The van der Waals surface area contributed by atoms with Gasteiger partial charge >= 0.3 is 12.0 Å². The lowest BCUT2D eigenvalue weighted by Crippen LogP contribution is -2.48. The van der Waals surface area contributed by atoms with Crippen LogP contribution in [0.5, 0.6) is 0 Å². The van der Waals surface area contributed by atoms with Crippen LogP contribution in [0.1, 0.15) is 28.8 Å². The Morgan fingerprint density at radius 3 is 2.67 bits per heavy atom. The van der Waals surface area contributed by atoms with Crippen molar-refractivity contribution in [2.75, 3.05) is 13.7 Å². The highest BCUT2D eigenvalue weighted by molar-refractivity contribution is 5.87. The fraction of sp³-hybridized carbons (Fsp3) is 0.556. The first-order chi connectivity index (χ1) is 11.6. The van der Waals surface area contributed by atoms with Crippen LogP contribution in [0.3, 0.4) is 0 Å². The van der Waals surface area contributed by atoms with Gasteiger partial charge in [0.15, 0.2) is 0 Å². The third-order valence-electron chi connectivity index (χ3n) is 5.99. The summed E-state index contributed by atoms with van der Waals surface area (Å²) in [5, 5.41) is 11.9. The van der Waals surface area contributed by atoms with E-state index in [9.17, 15) is 9.59 Å². The number of fused-ring (bicyclic) bond motifs is 1. The van der Waals surface area contributed by atoms with Crippen molar-refractivity contribution in [3.05, 3.63) is 35.4 Å². The number of methoxy groups -OCH3 is 1. The molecule has 1 aromatic rings. The Morgan fingerprint density at radius 1 is 1.25 bits per heavy atom. The SMILES string of the molecule is CO[C@@H]1[C@H]2C[C@H]3CN(C(=O)NCc4ccc(C(=O)O)cc4)[C@@H]1[C@H]3C2. The lowest BCUT2D eigenvalue weighted by Gasteiger charge is -2.31. The smallest absolute Gasteiger partial charge is 0.335 e. The van der Waals surface area contributed by atoms with Crippen molar-refractivity contribution in [3.63, 3.8) is 0 Å². The normalized spacial score (nSPS) is 33.0. The van der Waals surface area contributed by atoms with Crippen molar-refractivity contribution in [1.29, 1.82) is 0 Å². The van der Waals surface area contributed by atoms with Crippen LogP contribution in [0.4, 0.5) is 4.79 Å². The molecule has 2 N–H and O–H groups in total. The van der Waals surface area contributed by atoms with Crippen LogP contribution in [-0.2, 0) is 11.3 Å². The van der Waals surface area contributed by atoms with E-state index in [1.54, 1.807) is 31.4 Å². The van der Waals surface area contributed by atoms with Crippen molar-refractivity contribution < 1.29 is 19.4 Å². The van der Waals surface area contributed by atoms with Crippen molar-refractivity contribution in [1.82, 2.24) is 10.2 Å². The summed E-state index contributed by atoms with van der Waals surface area (Å²) < 4.78 is 5.68. The first-order valence-electron chi connectivity index (χ1n) is 8.48. The number of benzene rings is 1. The second-order valence-electron chi connectivity index (χ2n) is 7.16. The van der Waals surface area contributed by atoms with E-state index in [0.717, 1.165) is 12.1 Å². The molecule has 2 aliphatic carbocycles. The molecule has 0 unspecified atom stereocenters. The number of urea groups is 1. The first kappa shape index (κ1) is 15.4. The van der Waals surface area contributed by atoms with E-state index in [-0.39, 0.29) is 23.7 Å². The van der Waals surface area contributed by atoms with Crippen LogP contribution in [0.2, 0.25) is 0 Å². The zero-order valence-electron chi connectivity index (χ0n) is 13.6. The van der Waals surface area contributed by atoms with Crippen molar-refractivity contribution in [2.24, 2.45) is 17.8 Å². The van der Waals surface area contributed by atoms with E-state index in [0.29, 0.717) is 24.3 Å². The molecule has 2 amide bonds. The summed E-state index contributed by atoms with van der Waals surface area (Å²) in [5.74, 6) is 0.892. The van der Waals surface area contributed by atoms with E-state index in [2.05, 4.69) is 5.32 Å². The number of nitrogens with one attached hydrogen (secondary N) is 1. The van der Waals surface area contributed by atoms with Gasteiger partial charge in [0.1, 0.15) is 0 Å². The third kappa shape index (κ3) is 2.36. The molecule has 3 fully saturated rings. The van der Waals surface area contributed by atoms with Crippen molar-refractivity contribution in [2.45, 2.75) is 31.5 Å². The van der Waals surface area contributed by atoms with Gasteiger partial charge in [0.25, 0.3) is 0 Å². The number of carboxylic acid groups (broad SMARTS) is 1. The minimum Gasteiger partial charge on any atom is -0.478 e. The highest BCUT2D eigenvalue weighted by Gasteiger charge is 2.60. The number of nitrogens with zero attached hydrogens (tertiary/aromatic N) is 1. The average Bonchev–Trinajstić information content (AvgIpc) is 3.20. The van der Waals surface area contributed by atoms with Crippen LogP contribution in [0.15, 0.2) is 24.3 Å². The number of carbonyl (C=O) groups excluding carboxylic acids is 1. The summed E-state index contributed by atoms with van der Waals surface area (Å²) in [6.45, 7) is 1.23. The number of likely N-dealkylation sites (tertiary alicyclic amines) is 1. The number of amides is 2. The molecular weight excluding hydrogens is 308 g/mol. The van der Waals surface area contributed by atoms with E-state index < -0.39 is 5.97 Å². The maximum atomic E-state index is 12.6. The van der Waals surface area contributed by atoms with E-state index >= 15 is 0 Å². The van der Waals surface area contributed by atoms with Gasteiger partial charge in [-0.15, -0.1) is 0 Å². The molecule has 4 rings (SSSR count). The van der Waals surface area contributed by atoms with Gasteiger partial charge in [-0.2, -0.15) is 0 Å². The molecule has 1 aromatic carbocycles. The summed E-state index contributed by atoms with van der Waals surface area (Å²) >= 11 is 0. The van der Waals surface area contributed by atoms with Gasteiger partial charge in [-0.3, -0.25) is 0 Å². The highest BCUT2D eigenvalue weighted by Crippen LogP contribution is 2.55. The topological polar surface area (TPSA) is 78.9 Å². The molecule has 1 aliphatic heterocycles. The van der Waals surface area contributed by atoms with Gasteiger partial charge in [0.2, 0.25) is 0 Å². The van der Waals surface area contributed by atoms with Gasteiger partial charge < -0.3 is 20.1 Å². The molecule has 0 radical (unpaired) electrons. The largest absolute Gasteiger partial charge is 0.478 e. The van der Waals surface area contributed by atoms with E-state index in [1.165, 1.54) is 12.8 Å². The zero-order valence-corrected chi connectivity index (χ0v) is 13.6. The van der Waals surface area contributed by atoms with Crippen LogP contribution in [0, 0.1) is 17.8 Å². The summed E-state index contributed by atoms with van der Waals surface area (Å²) in [7, 11) is 1.75. The molecule has 128 valence electrons. The summed E-state index contributed by atoms with van der Waals surface area (Å²) in [4.78, 5) is 25.5. The second kappa shape index (κ2) is 5.77. The number of hydrogen-bond acceptors (Lipinski definition) is 3. The minimum absolute atomic E-state index is 0.0422. The van der Waals surface area contributed by atoms with Crippen molar-refractivity contribution >= 4 is 12.0 Å². The summed E-state index contributed by atoms with van der Waals surface area (Å²) in [5.41, 5.74) is 1.14. The molecule has 6 heteroatoms. The van der Waals surface area contributed by atoms with Crippen LogP contribution < -0.4 is 5.32 Å². The summed E-state index contributed by atoms with van der Waals surface area (Å²) in [6.07, 6.45) is 2.54. The minimum atomic E-state index is -0.945. The highest BCUT2D eigenvalue weighted by atomic mass is 16.5. The maximum Gasteiger partial charge on any atom is 0.335 e. The van der Waals surface area contributed by atoms with Crippen LogP contribution in [0.25, 0.3) is 0 Å². The molecule has 24 heavy (non-hydrogen) atoms. The maximum absolute atomic E-state index is 12.6. The fourth-order valence-corrected chi connectivity index (χ4v) is 5.00. The lowest BCUT2D eigenvalue weighted by molar-refractivity contribution is 0.0189. The predicted octanol–water partition coefficient (Wildman–Crippen LogP) is 1.95. The number of carboxylic acids is 1. The molecule has 3 aliphatic rings. The Bertz CT molecular complexity index is 657. The van der Waals surface area contributed by atoms with Crippen molar-refractivity contribution in [3.8, 4) is 0 Å². The molecule has 2 saturated carbocycles. The monoisotopic (exact) mass is 330 g/mol. The Labute approximate surface area is 140 Å². The molecule has 0 aromatic heterocycles. The Hall–Kier alpha value is -2.08. The predicted molar refractivity (Wildman–Crippen MR) is 86.6 cm³/mol. The quantitative estimate of drug-likeness (QED) is 0.884. The number of carbonyl (C=O) groups is 2. The van der Waals surface area contributed by atoms with E-state index in [1.807, 2.05) is 4.90 Å². The standard InChI is InChI=1S/C18H22N2O4/c1-24-16-12-6-13-9-20(15(16)14(13)7-12)18(23)19-8-10-2-4-11(5-3-10)17(21)22/h2-5,12-16H,6-9H2,1H3,(H,19,23)(H,21,22)/t12-,13-,14-,15+,16+/m0/s1. The van der Waals surface area contributed by atoms with Crippen LogP contribution in [-0.4, -0.2) is 47.8 Å². The Balaban J connectivity index is 1.39. The van der Waals surface area contributed by atoms with E-state index in [4.69, 9.17) is 9.84 Å². The van der Waals surface area contributed by atoms with Gasteiger partial charge in [-0.05, 0) is 48.3 Å². The Morgan fingerprint density at radius 2 is 2.00 bits per heavy atom.